The number of rotatable bonds is 5. The van der Waals surface area contributed by atoms with Gasteiger partial charge in [0.15, 0.2) is 0 Å². The second-order valence-electron chi connectivity index (χ2n) is 4.34. The molecule has 5 heteroatoms. The van der Waals surface area contributed by atoms with Crippen molar-refractivity contribution in [1.82, 2.24) is 4.90 Å². The van der Waals surface area contributed by atoms with E-state index in [0.29, 0.717) is 17.9 Å². The minimum atomic E-state index is -0.861. The number of nitrogens with zero attached hydrogens (tertiary/aromatic N) is 1. The number of amides is 1. The molecule has 1 aromatic rings. The Morgan fingerprint density at radius 1 is 1.42 bits per heavy atom. The molecule has 5 nitrogen and oxygen atoms in total. The van der Waals surface area contributed by atoms with Crippen molar-refractivity contribution in [1.29, 1.82) is 0 Å². The van der Waals surface area contributed by atoms with Crippen LogP contribution in [0.4, 0.5) is 0 Å². The van der Waals surface area contributed by atoms with E-state index in [-0.39, 0.29) is 19.0 Å². The van der Waals surface area contributed by atoms with Crippen molar-refractivity contribution in [2.75, 3.05) is 19.7 Å². The Kier molecular flexibility index (Phi) is 3.85. The maximum Gasteiger partial charge on any atom is 0.310 e. The van der Waals surface area contributed by atoms with Crippen LogP contribution in [0.1, 0.15) is 10.4 Å². The minimum absolute atomic E-state index is 0.197. The van der Waals surface area contributed by atoms with Gasteiger partial charge in [-0.25, -0.2) is 0 Å². The first-order valence-electron chi connectivity index (χ1n) is 5.98. The van der Waals surface area contributed by atoms with E-state index in [1.807, 2.05) is 0 Å². The lowest BCUT2D eigenvalue weighted by atomic mass is 9.99. The fourth-order valence-corrected chi connectivity index (χ4v) is 1.89. The van der Waals surface area contributed by atoms with Crippen LogP contribution in [0.25, 0.3) is 0 Å². The molecule has 19 heavy (non-hydrogen) atoms. The summed E-state index contributed by atoms with van der Waals surface area (Å²) in [4.78, 5) is 24.4. The lowest BCUT2D eigenvalue weighted by molar-refractivity contribution is -0.146. The van der Waals surface area contributed by atoms with E-state index in [2.05, 4.69) is 6.58 Å². The Labute approximate surface area is 111 Å². The summed E-state index contributed by atoms with van der Waals surface area (Å²) in [6.45, 7) is 4.39. The van der Waals surface area contributed by atoms with Crippen LogP contribution in [0, 0.1) is 5.92 Å². The molecule has 2 rings (SSSR count). The number of carboxylic acids is 1. The van der Waals surface area contributed by atoms with Gasteiger partial charge >= 0.3 is 5.97 Å². The molecule has 0 aromatic heterocycles. The Morgan fingerprint density at radius 2 is 2.11 bits per heavy atom. The maximum absolute atomic E-state index is 12.2. The van der Waals surface area contributed by atoms with Gasteiger partial charge in [-0.1, -0.05) is 24.8 Å². The van der Waals surface area contributed by atoms with Crippen LogP contribution < -0.4 is 4.74 Å². The molecule has 1 amide bonds. The van der Waals surface area contributed by atoms with Gasteiger partial charge in [-0.05, 0) is 12.1 Å². The smallest absolute Gasteiger partial charge is 0.310 e. The molecule has 1 aliphatic heterocycles. The fraction of sp³-hybridized carbons (Fsp3) is 0.286. The third kappa shape index (κ3) is 2.76. The number of carbonyl (C=O) groups excluding carboxylic acids is 1. The first kappa shape index (κ1) is 13.1. The molecule has 1 aromatic carbocycles. The number of hydrogen-bond acceptors (Lipinski definition) is 3. The van der Waals surface area contributed by atoms with Gasteiger partial charge in [0.25, 0.3) is 5.91 Å². The highest BCUT2D eigenvalue weighted by molar-refractivity contribution is 5.98. The zero-order valence-corrected chi connectivity index (χ0v) is 10.4. The average Bonchev–Trinajstić information content (AvgIpc) is 2.34. The summed E-state index contributed by atoms with van der Waals surface area (Å²) in [5.41, 5.74) is 0.452. The molecule has 0 aliphatic carbocycles. The number of carboxylic acid groups (broad SMARTS) is 1. The SMILES string of the molecule is C=CCOc1ccccc1C(=O)N1CC(C(=O)O)C1. The first-order valence-corrected chi connectivity index (χ1v) is 5.98. The summed E-state index contributed by atoms with van der Waals surface area (Å²) < 4.78 is 5.42. The molecule has 1 heterocycles. The number of likely N-dealkylation sites (tertiary alicyclic amines) is 1. The van der Waals surface area contributed by atoms with Crippen LogP contribution in [0.5, 0.6) is 5.75 Å². The summed E-state index contributed by atoms with van der Waals surface area (Å²) in [7, 11) is 0. The molecule has 1 aliphatic rings. The Morgan fingerprint density at radius 3 is 2.74 bits per heavy atom. The highest BCUT2D eigenvalue weighted by Gasteiger charge is 2.36. The van der Waals surface area contributed by atoms with E-state index in [1.165, 1.54) is 4.90 Å². The first-order chi connectivity index (χ1) is 9.13. The summed E-state index contributed by atoms with van der Waals surface area (Å²) in [6.07, 6.45) is 1.60. The van der Waals surface area contributed by atoms with E-state index in [4.69, 9.17) is 9.84 Å². The van der Waals surface area contributed by atoms with Crippen LogP contribution in [-0.4, -0.2) is 41.6 Å². The molecule has 0 bridgehead atoms. The van der Waals surface area contributed by atoms with Crippen LogP contribution in [0.15, 0.2) is 36.9 Å². The monoisotopic (exact) mass is 261 g/mol. The van der Waals surface area contributed by atoms with Crippen LogP contribution in [0.2, 0.25) is 0 Å². The molecule has 1 N–H and O–H groups in total. The zero-order valence-electron chi connectivity index (χ0n) is 10.4. The molecular formula is C14H15NO4. The van der Waals surface area contributed by atoms with E-state index in [1.54, 1.807) is 30.3 Å². The van der Waals surface area contributed by atoms with Crippen molar-refractivity contribution in [2.45, 2.75) is 0 Å². The van der Waals surface area contributed by atoms with Crippen molar-refractivity contribution in [3.63, 3.8) is 0 Å². The van der Waals surface area contributed by atoms with Gasteiger partial charge in [-0.2, -0.15) is 0 Å². The highest BCUT2D eigenvalue weighted by Crippen LogP contribution is 2.24. The Hall–Kier alpha value is -2.30. The van der Waals surface area contributed by atoms with Crippen LogP contribution >= 0.6 is 0 Å². The summed E-state index contributed by atoms with van der Waals surface area (Å²) in [6, 6.07) is 6.92. The van der Waals surface area contributed by atoms with Crippen molar-refractivity contribution in [2.24, 2.45) is 5.92 Å². The largest absolute Gasteiger partial charge is 0.489 e. The average molecular weight is 261 g/mol. The zero-order chi connectivity index (χ0) is 13.8. The Bertz CT molecular complexity index is 506. The van der Waals surface area contributed by atoms with E-state index >= 15 is 0 Å². The quantitative estimate of drug-likeness (QED) is 0.814. The number of hydrogen-bond donors (Lipinski definition) is 1. The lowest BCUT2D eigenvalue weighted by Gasteiger charge is -2.36. The predicted octanol–water partition coefficient (Wildman–Crippen LogP) is 1.41. The normalized spacial score (nSPS) is 14.6. The third-order valence-electron chi connectivity index (χ3n) is 2.99. The van der Waals surface area contributed by atoms with Gasteiger partial charge in [-0.15, -0.1) is 0 Å². The second-order valence-corrected chi connectivity index (χ2v) is 4.34. The van der Waals surface area contributed by atoms with E-state index < -0.39 is 11.9 Å². The number of aliphatic carboxylic acids is 1. The molecule has 0 saturated carbocycles. The second kappa shape index (κ2) is 5.56. The van der Waals surface area contributed by atoms with E-state index in [9.17, 15) is 9.59 Å². The van der Waals surface area contributed by atoms with Crippen molar-refractivity contribution in [3.8, 4) is 5.75 Å². The summed E-state index contributed by atoms with van der Waals surface area (Å²) >= 11 is 0. The van der Waals surface area contributed by atoms with Crippen LogP contribution in [0.3, 0.4) is 0 Å². The third-order valence-corrected chi connectivity index (χ3v) is 2.99. The standard InChI is InChI=1S/C14H15NO4/c1-2-7-19-12-6-4-3-5-11(12)13(16)15-8-10(9-15)14(17)18/h2-6,10H,1,7-9H2,(H,17,18). The van der Waals surface area contributed by atoms with Gasteiger partial charge in [0.1, 0.15) is 12.4 Å². The molecule has 0 spiro atoms. The molecule has 1 saturated heterocycles. The summed E-state index contributed by atoms with van der Waals surface area (Å²) in [5, 5.41) is 8.80. The molecular weight excluding hydrogens is 246 g/mol. The van der Waals surface area contributed by atoms with Gasteiger partial charge in [-0.3, -0.25) is 9.59 Å². The van der Waals surface area contributed by atoms with Crippen molar-refractivity contribution >= 4 is 11.9 Å². The molecule has 0 atom stereocenters. The Balaban J connectivity index is 2.07. The predicted molar refractivity (Wildman–Crippen MR) is 69.2 cm³/mol. The molecule has 0 unspecified atom stereocenters. The number of benzene rings is 1. The van der Waals surface area contributed by atoms with Gasteiger partial charge in [0.05, 0.1) is 11.5 Å². The number of ether oxygens (including phenoxy) is 1. The van der Waals surface area contributed by atoms with Gasteiger partial charge < -0.3 is 14.7 Å². The number of para-hydroxylation sites is 1. The molecule has 1 fully saturated rings. The number of carbonyl (C=O) groups is 2. The minimum Gasteiger partial charge on any atom is -0.489 e. The van der Waals surface area contributed by atoms with Crippen LogP contribution in [-0.2, 0) is 4.79 Å². The van der Waals surface area contributed by atoms with Crippen molar-refractivity contribution < 1.29 is 19.4 Å². The summed E-state index contributed by atoms with van der Waals surface area (Å²) in [5.74, 6) is -1.02. The van der Waals surface area contributed by atoms with E-state index in [0.717, 1.165) is 0 Å². The van der Waals surface area contributed by atoms with Gasteiger partial charge in [0.2, 0.25) is 0 Å². The maximum atomic E-state index is 12.2. The molecule has 100 valence electrons. The highest BCUT2D eigenvalue weighted by atomic mass is 16.5. The fourth-order valence-electron chi connectivity index (χ4n) is 1.89. The molecule has 0 radical (unpaired) electrons. The topological polar surface area (TPSA) is 66.8 Å². The lowest BCUT2D eigenvalue weighted by Crippen LogP contribution is -2.53. The van der Waals surface area contributed by atoms with Gasteiger partial charge in [0, 0.05) is 13.1 Å². The van der Waals surface area contributed by atoms with Crippen molar-refractivity contribution in [3.05, 3.63) is 42.5 Å².